The molecule has 0 fully saturated rings. The minimum Gasteiger partial charge on any atom is -0.490 e. The van der Waals surface area contributed by atoms with Crippen LogP contribution in [-0.4, -0.2) is 30.1 Å². The number of aliphatic carboxylic acids is 1. The lowest BCUT2D eigenvalue weighted by molar-refractivity contribution is -0.144. The van der Waals surface area contributed by atoms with Crippen molar-refractivity contribution in [2.24, 2.45) is 0 Å². The Labute approximate surface area is 99.0 Å². The summed E-state index contributed by atoms with van der Waals surface area (Å²) in [7, 11) is 0. The third-order valence-corrected chi connectivity index (χ3v) is 2.06. The molecule has 5 nitrogen and oxygen atoms in total. The molecule has 0 spiro atoms. The number of carboxylic acids is 1. The van der Waals surface area contributed by atoms with Crippen LogP contribution in [0.3, 0.4) is 0 Å². The fraction of sp³-hybridized carbons (Fsp3) is 0.333. The van der Waals surface area contributed by atoms with Crippen molar-refractivity contribution in [1.82, 2.24) is 0 Å². The van der Waals surface area contributed by atoms with Gasteiger partial charge in [0.25, 0.3) is 0 Å². The molecule has 92 valence electrons. The van der Waals surface area contributed by atoms with E-state index in [1.807, 2.05) is 0 Å². The monoisotopic (exact) mass is 238 g/mol. The Kier molecular flexibility index (Phi) is 4.51. The first kappa shape index (κ1) is 13.0. The van der Waals surface area contributed by atoms with Gasteiger partial charge < -0.3 is 14.6 Å². The van der Waals surface area contributed by atoms with Crippen molar-refractivity contribution < 1.29 is 24.2 Å². The van der Waals surface area contributed by atoms with E-state index in [0.717, 1.165) is 0 Å². The molecular weight excluding hydrogens is 224 g/mol. The minimum atomic E-state index is -1.06. The topological polar surface area (TPSA) is 72.8 Å². The van der Waals surface area contributed by atoms with E-state index < -0.39 is 12.1 Å². The standard InChI is InChI=1S/C12H14O5/c1-3-16-11-6-9(7-13)4-5-10(11)17-8(2)12(14)15/h4-8H,3H2,1-2H3,(H,14,15). The van der Waals surface area contributed by atoms with E-state index in [-0.39, 0.29) is 0 Å². The fourth-order valence-electron chi connectivity index (χ4n) is 1.20. The van der Waals surface area contributed by atoms with Crippen molar-refractivity contribution in [2.75, 3.05) is 6.61 Å². The summed E-state index contributed by atoms with van der Waals surface area (Å²) in [6.45, 7) is 3.61. The molecule has 0 saturated carbocycles. The van der Waals surface area contributed by atoms with Gasteiger partial charge in [0.15, 0.2) is 17.6 Å². The van der Waals surface area contributed by atoms with Crippen LogP contribution in [0.5, 0.6) is 11.5 Å². The van der Waals surface area contributed by atoms with Crippen LogP contribution in [0.2, 0.25) is 0 Å². The van der Waals surface area contributed by atoms with E-state index in [9.17, 15) is 9.59 Å². The number of carbonyl (C=O) groups excluding carboxylic acids is 1. The Hall–Kier alpha value is -2.04. The smallest absolute Gasteiger partial charge is 0.344 e. The summed E-state index contributed by atoms with van der Waals surface area (Å²) in [6, 6.07) is 4.58. The highest BCUT2D eigenvalue weighted by Crippen LogP contribution is 2.28. The van der Waals surface area contributed by atoms with E-state index in [4.69, 9.17) is 14.6 Å². The summed E-state index contributed by atoms with van der Waals surface area (Å²) in [5.41, 5.74) is 0.448. The Balaban J connectivity index is 2.97. The average molecular weight is 238 g/mol. The largest absolute Gasteiger partial charge is 0.490 e. The number of ether oxygens (including phenoxy) is 2. The summed E-state index contributed by atoms with van der Waals surface area (Å²) in [5, 5.41) is 8.74. The molecule has 1 aromatic carbocycles. The maximum Gasteiger partial charge on any atom is 0.344 e. The summed E-state index contributed by atoms with van der Waals surface area (Å²) in [6.07, 6.45) is -0.288. The van der Waals surface area contributed by atoms with Gasteiger partial charge in [0.2, 0.25) is 0 Å². The molecule has 1 rings (SSSR count). The summed E-state index contributed by atoms with van der Waals surface area (Å²) in [4.78, 5) is 21.3. The predicted octanol–water partition coefficient (Wildman–Crippen LogP) is 1.75. The molecule has 1 atom stereocenters. The van der Waals surface area contributed by atoms with Crippen molar-refractivity contribution in [3.05, 3.63) is 23.8 Å². The number of aldehydes is 1. The molecule has 0 heterocycles. The lowest BCUT2D eigenvalue weighted by Gasteiger charge is -2.14. The molecule has 0 amide bonds. The van der Waals surface area contributed by atoms with Gasteiger partial charge in [-0.3, -0.25) is 4.79 Å². The molecule has 0 bridgehead atoms. The second-order valence-electron chi connectivity index (χ2n) is 3.36. The van der Waals surface area contributed by atoms with E-state index in [0.29, 0.717) is 30.0 Å². The summed E-state index contributed by atoms with van der Waals surface area (Å²) in [5.74, 6) is -0.385. The first-order valence-corrected chi connectivity index (χ1v) is 5.20. The van der Waals surface area contributed by atoms with E-state index >= 15 is 0 Å². The highest BCUT2D eigenvalue weighted by molar-refractivity contribution is 5.76. The van der Waals surface area contributed by atoms with Crippen LogP contribution in [0.15, 0.2) is 18.2 Å². The SMILES string of the molecule is CCOc1cc(C=O)ccc1OC(C)C(=O)O. The molecule has 0 aliphatic carbocycles. The molecule has 0 aliphatic rings. The quantitative estimate of drug-likeness (QED) is 0.764. The molecule has 0 radical (unpaired) electrons. The lowest BCUT2D eigenvalue weighted by Crippen LogP contribution is -2.23. The molecular formula is C12H14O5. The molecule has 5 heteroatoms. The molecule has 0 saturated heterocycles. The third-order valence-electron chi connectivity index (χ3n) is 2.06. The van der Waals surface area contributed by atoms with Gasteiger partial charge in [-0.25, -0.2) is 4.79 Å². The Morgan fingerprint density at radius 2 is 2.18 bits per heavy atom. The molecule has 0 aromatic heterocycles. The maximum absolute atomic E-state index is 10.7. The zero-order valence-corrected chi connectivity index (χ0v) is 9.67. The molecule has 0 aliphatic heterocycles. The molecule has 17 heavy (non-hydrogen) atoms. The van der Waals surface area contributed by atoms with Gasteiger partial charge in [-0.1, -0.05) is 0 Å². The van der Waals surface area contributed by atoms with Crippen LogP contribution >= 0.6 is 0 Å². The van der Waals surface area contributed by atoms with Crippen LogP contribution < -0.4 is 9.47 Å². The predicted molar refractivity (Wildman–Crippen MR) is 60.7 cm³/mol. The zero-order chi connectivity index (χ0) is 12.8. The number of benzene rings is 1. The highest BCUT2D eigenvalue weighted by atomic mass is 16.5. The Bertz CT molecular complexity index is 413. The second kappa shape index (κ2) is 5.89. The maximum atomic E-state index is 10.7. The van der Waals surface area contributed by atoms with Gasteiger partial charge in [0, 0.05) is 5.56 Å². The number of carbonyl (C=O) groups is 2. The Morgan fingerprint density at radius 3 is 2.71 bits per heavy atom. The second-order valence-corrected chi connectivity index (χ2v) is 3.36. The van der Waals surface area contributed by atoms with Gasteiger partial charge in [0.05, 0.1) is 6.61 Å². The minimum absolute atomic E-state index is 0.312. The number of carboxylic acid groups (broad SMARTS) is 1. The summed E-state index contributed by atoms with van der Waals surface area (Å²) < 4.78 is 10.5. The normalized spacial score (nSPS) is 11.6. The fourth-order valence-corrected chi connectivity index (χ4v) is 1.20. The molecule has 1 unspecified atom stereocenters. The molecule has 1 N–H and O–H groups in total. The van der Waals surface area contributed by atoms with Crippen LogP contribution in [0, 0.1) is 0 Å². The molecule has 1 aromatic rings. The van der Waals surface area contributed by atoms with Gasteiger partial charge in [0.1, 0.15) is 6.29 Å². The third kappa shape index (κ3) is 3.48. The van der Waals surface area contributed by atoms with Crippen LogP contribution in [-0.2, 0) is 4.79 Å². The van der Waals surface area contributed by atoms with Crippen molar-refractivity contribution in [2.45, 2.75) is 20.0 Å². The number of hydrogen-bond acceptors (Lipinski definition) is 4. The first-order valence-electron chi connectivity index (χ1n) is 5.20. The van der Waals surface area contributed by atoms with Crippen molar-refractivity contribution in [3.8, 4) is 11.5 Å². The van der Waals surface area contributed by atoms with Gasteiger partial charge in [-0.05, 0) is 32.0 Å². The number of hydrogen-bond donors (Lipinski definition) is 1. The number of rotatable bonds is 6. The van der Waals surface area contributed by atoms with Crippen molar-refractivity contribution >= 4 is 12.3 Å². The van der Waals surface area contributed by atoms with Gasteiger partial charge in [-0.2, -0.15) is 0 Å². The van der Waals surface area contributed by atoms with Crippen molar-refractivity contribution in [3.63, 3.8) is 0 Å². The van der Waals surface area contributed by atoms with Crippen LogP contribution in [0.1, 0.15) is 24.2 Å². The van der Waals surface area contributed by atoms with Crippen LogP contribution in [0.25, 0.3) is 0 Å². The highest BCUT2D eigenvalue weighted by Gasteiger charge is 2.15. The van der Waals surface area contributed by atoms with E-state index in [2.05, 4.69) is 0 Å². The van der Waals surface area contributed by atoms with Crippen molar-refractivity contribution in [1.29, 1.82) is 0 Å². The van der Waals surface area contributed by atoms with E-state index in [1.54, 1.807) is 13.0 Å². The van der Waals surface area contributed by atoms with E-state index in [1.165, 1.54) is 19.1 Å². The lowest BCUT2D eigenvalue weighted by atomic mass is 10.2. The first-order chi connectivity index (χ1) is 8.08. The van der Waals surface area contributed by atoms with Gasteiger partial charge in [-0.15, -0.1) is 0 Å². The zero-order valence-electron chi connectivity index (χ0n) is 9.67. The van der Waals surface area contributed by atoms with Gasteiger partial charge >= 0.3 is 5.97 Å². The summed E-state index contributed by atoms with van der Waals surface area (Å²) >= 11 is 0. The average Bonchev–Trinajstić information content (AvgIpc) is 2.31. The Morgan fingerprint density at radius 1 is 1.47 bits per heavy atom. The van der Waals surface area contributed by atoms with Crippen LogP contribution in [0.4, 0.5) is 0 Å².